The minimum Gasteiger partial charge on any atom is -0.360 e. The molecule has 0 aliphatic rings. The van der Waals surface area contributed by atoms with Crippen LogP contribution in [0.1, 0.15) is 18.7 Å². The summed E-state index contributed by atoms with van der Waals surface area (Å²) in [6, 6.07) is 4.18. The fraction of sp³-hybridized carbons (Fsp3) is 0.462. The van der Waals surface area contributed by atoms with Crippen molar-refractivity contribution >= 4 is 45.5 Å². The van der Waals surface area contributed by atoms with Crippen LogP contribution in [0, 0.1) is 0 Å². The number of amides is 1. The summed E-state index contributed by atoms with van der Waals surface area (Å²) in [6.45, 7) is 5.28. The van der Waals surface area contributed by atoms with E-state index in [1.54, 1.807) is 11.3 Å². The average molecular weight is 343 g/mol. The molecule has 0 bridgehead atoms. The Hall–Kier alpha value is -1.12. The molecule has 8 heteroatoms. The molecular weight excluding hydrogens is 324 g/mol. The van der Waals surface area contributed by atoms with Crippen molar-refractivity contribution in [1.29, 1.82) is 0 Å². The van der Waals surface area contributed by atoms with Crippen molar-refractivity contribution in [3.05, 3.63) is 22.4 Å². The summed E-state index contributed by atoms with van der Waals surface area (Å²) in [5, 5.41) is 17.0. The zero-order chi connectivity index (χ0) is 15.1. The molecule has 1 amide bonds. The third-order valence-electron chi connectivity index (χ3n) is 2.63. The zero-order valence-electron chi connectivity index (χ0n) is 12.0. The van der Waals surface area contributed by atoms with Gasteiger partial charge in [0.25, 0.3) is 0 Å². The van der Waals surface area contributed by atoms with Crippen molar-refractivity contribution in [1.82, 2.24) is 15.5 Å². The third kappa shape index (κ3) is 5.29. The summed E-state index contributed by atoms with van der Waals surface area (Å²) in [7, 11) is 0. The average Bonchev–Trinajstić information content (AvgIpc) is 3.11. The highest BCUT2D eigenvalue weighted by molar-refractivity contribution is 8.02. The largest absolute Gasteiger partial charge is 0.360 e. The van der Waals surface area contributed by atoms with Gasteiger partial charge in [-0.05, 0) is 31.7 Å². The van der Waals surface area contributed by atoms with E-state index in [1.165, 1.54) is 28.0 Å². The van der Waals surface area contributed by atoms with Gasteiger partial charge in [0.1, 0.15) is 0 Å². The van der Waals surface area contributed by atoms with Crippen LogP contribution in [0.3, 0.4) is 0 Å². The van der Waals surface area contributed by atoms with Crippen LogP contribution in [0.4, 0.5) is 5.13 Å². The van der Waals surface area contributed by atoms with Crippen molar-refractivity contribution in [2.24, 2.45) is 0 Å². The minimum absolute atomic E-state index is 0.0323. The van der Waals surface area contributed by atoms with Gasteiger partial charge in [-0.15, -0.1) is 21.5 Å². The van der Waals surface area contributed by atoms with Gasteiger partial charge in [-0.25, -0.2) is 0 Å². The number of hydrogen-bond donors (Lipinski definition) is 2. The van der Waals surface area contributed by atoms with E-state index in [4.69, 9.17) is 0 Å². The Morgan fingerprint density at radius 1 is 1.48 bits per heavy atom. The first kappa shape index (κ1) is 16.3. The lowest BCUT2D eigenvalue weighted by atomic mass is 10.3. The third-order valence-corrected chi connectivity index (χ3v) is 5.63. The van der Waals surface area contributed by atoms with Crippen LogP contribution >= 0.6 is 34.4 Å². The second-order valence-electron chi connectivity index (χ2n) is 4.28. The lowest BCUT2D eigenvalue weighted by Crippen LogP contribution is -2.30. The number of rotatable bonds is 8. The molecule has 0 fully saturated rings. The second kappa shape index (κ2) is 8.35. The van der Waals surface area contributed by atoms with Crippen molar-refractivity contribution in [3.63, 3.8) is 0 Å². The van der Waals surface area contributed by atoms with Gasteiger partial charge < -0.3 is 10.6 Å². The maximum absolute atomic E-state index is 11.7. The molecule has 1 unspecified atom stereocenters. The summed E-state index contributed by atoms with van der Waals surface area (Å²) in [5.74, 6) is 0.0323. The number of nitrogens with one attached hydrogen (secondary N) is 2. The van der Waals surface area contributed by atoms with Gasteiger partial charge in [-0.2, -0.15) is 0 Å². The molecule has 0 aliphatic heterocycles. The SMILES string of the molecule is CCNC(=O)C(C)Sc1nnc(NCCc2cccs2)s1. The van der Waals surface area contributed by atoms with Crippen LogP contribution < -0.4 is 10.6 Å². The molecule has 1 atom stereocenters. The highest BCUT2D eigenvalue weighted by Gasteiger charge is 2.16. The van der Waals surface area contributed by atoms with Crippen molar-refractivity contribution in [3.8, 4) is 0 Å². The molecule has 0 radical (unpaired) electrons. The van der Waals surface area contributed by atoms with Crippen LogP contribution in [-0.2, 0) is 11.2 Å². The lowest BCUT2D eigenvalue weighted by Gasteiger charge is -2.07. The Morgan fingerprint density at radius 3 is 3.05 bits per heavy atom. The van der Waals surface area contributed by atoms with E-state index in [2.05, 4.69) is 38.3 Å². The van der Waals surface area contributed by atoms with E-state index < -0.39 is 0 Å². The maximum atomic E-state index is 11.7. The molecule has 21 heavy (non-hydrogen) atoms. The van der Waals surface area contributed by atoms with Gasteiger partial charge >= 0.3 is 0 Å². The van der Waals surface area contributed by atoms with Gasteiger partial charge in [0.05, 0.1) is 5.25 Å². The Bertz CT molecular complexity index is 556. The smallest absolute Gasteiger partial charge is 0.233 e. The number of thiophene rings is 1. The lowest BCUT2D eigenvalue weighted by molar-refractivity contribution is -0.120. The standard InChI is InChI=1S/C13H18N4OS3/c1-3-14-11(18)9(2)20-13-17-16-12(21-13)15-7-6-10-5-4-8-19-10/h4-5,8-9H,3,6-7H2,1-2H3,(H,14,18)(H,15,16). The molecule has 0 saturated carbocycles. The van der Waals surface area contributed by atoms with Gasteiger partial charge in [0.2, 0.25) is 11.0 Å². The fourth-order valence-corrected chi connectivity index (χ4v) is 4.25. The maximum Gasteiger partial charge on any atom is 0.233 e. The Kier molecular flexibility index (Phi) is 6.47. The van der Waals surface area contributed by atoms with Gasteiger partial charge in [-0.3, -0.25) is 4.79 Å². The minimum atomic E-state index is -0.156. The van der Waals surface area contributed by atoms with Crippen LogP contribution in [0.5, 0.6) is 0 Å². The highest BCUT2D eigenvalue weighted by Crippen LogP contribution is 2.28. The van der Waals surface area contributed by atoms with E-state index in [1.807, 2.05) is 13.8 Å². The molecule has 2 heterocycles. The van der Waals surface area contributed by atoms with E-state index in [0.29, 0.717) is 6.54 Å². The number of anilines is 1. The monoisotopic (exact) mass is 342 g/mol. The van der Waals surface area contributed by atoms with E-state index >= 15 is 0 Å². The number of hydrogen-bond acceptors (Lipinski definition) is 7. The summed E-state index contributed by atoms with van der Waals surface area (Å²) < 4.78 is 0.812. The first-order chi connectivity index (χ1) is 10.2. The molecule has 2 rings (SSSR count). The molecule has 5 nitrogen and oxygen atoms in total. The first-order valence-corrected chi connectivity index (χ1v) is 9.30. The van der Waals surface area contributed by atoms with Crippen molar-refractivity contribution in [2.45, 2.75) is 29.9 Å². The molecule has 114 valence electrons. The van der Waals surface area contributed by atoms with E-state index in [9.17, 15) is 4.79 Å². The van der Waals surface area contributed by atoms with Gasteiger partial charge in [0.15, 0.2) is 4.34 Å². The summed E-state index contributed by atoms with van der Waals surface area (Å²) in [5.41, 5.74) is 0. The number of nitrogens with zero attached hydrogens (tertiary/aromatic N) is 2. The first-order valence-electron chi connectivity index (χ1n) is 6.73. The molecule has 2 N–H and O–H groups in total. The molecule has 0 saturated heterocycles. The second-order valence-corrected chi connectivity index (χ2v) is 7.88. The quantitative estimate of drug-likeness (QED) is 0.722. The molecule has 2 aromatic rings. The predicted octanol–water partition coefficient (Wildman–Crippen LogP) is 2.87. The normalized spacial score (nSPS) is 12.1. The summed E-state index contributed by atoms with van der Waals surface area (Å²) >= 11 is 4.68. The number of thioether (sulfide) groups is 1. The molecule has 2 aromatic heterocycles. The fourth-order valence-electron chi connectivity index (χ4n) is 1.60. The van der Waals surface area contributed by atoms with Crippen LogP contribution in [0.2, 0.25) is 0 Å². The molecule has 0 spiro atoms. The Morgan fingerprint density at radius 2 is 2.33 bits per heavy atom. The van der Waals surface area contributed by atoms with Crippen molar-refractivity contribution in [2.75, 3.05) is 18.4 Å². The van der Waals surface area contributed by atoms with Crippen LogP contribution in [0.25, 0.3) is 0 Å². The van der Waals surface area contributed by atoms with Gasteiger partial charge in [-0.1, -0.05) is 29.2 Å². The highest BCUT2D eigenvalue weighted by atomic mass is 32.2. The number of aromatic nitrogens is 2. The van der Waals surface area contributed by atoms with Crippen molar-refractivity contribution < 1.29 is 4.79 Å². The summed E-state index contributed by atoms with van der Waals surface area (Å²) in [6.07, 6.45) is 0.981. The molecular formula is C13H18N4OS3. The van der Waals surface area contributed by atoms with Gasteiger partial charge in [0, 0.05) is 18.0 Å². The molecule has 0 aliphatic carbocycles. The summed E-state index contributed by atoms with van der Waals surface area (Å²) in [4.78, 5) is 13.0. The predicted molar refractivity (Wildman–Crippen MR) is 90.4 cm³/mol. The number of carbonyl (C=O) groups excluding carboxylic acids is 1. The van der Waals surface area contributed by atoms with Crippen LogP contribution in [0.15, 0.2) is 21.9 Å². The topological polar surface area (TPSA) is 66.9 Å². The Balaban J connectivity index is 1.77. The zero-order valence-corrected chi connectivity index (χ0v) is 14.4. The molecule has 0 aromatic carbocycles. The van der Waals surface area contributed by atoms with E-state index in [-0.39, 0.29) is 11.2 Å². The van der Waals surface area contributed by atoms with E-state index in [0.717, 1.165) is 22.4 Å². The number of carbonyl (C=O) groups is 1. The Labute approximate surface area is 136 Å². The van der Waals surface area contributed by atoms with Crippen LogP contribution in [-0.4, -0.2) is 34.4 Å².